The summed E-state index contributed by atoms with van der Waals surface area (Å²) in [7, 11) is 0. The Labute approximate surface area is 85.8 Å². The largest absolute Gasteiger partial charge is 0.479 e. The lowest BCUT2D eigenvalue weighted by molar-refractivity contribution is -0.192. The number of ether oxygens (including phenoxy) is 1. The number of amides is 1. The molecule has 0 aliphatic carbocycles. The molecule has 2 aliphatic heterocycles. The van der Waals surface area contributed by atoms with E-state index in [0.717, 1.165) is 0 Å². The van der Waals surface area contributed by atoms with Gasteiger partial charge in [-0.3, -0.25) is 4.79 Å². The predicted molar refractivity (Wildman–Crippen MR) is 47.0 cm³/mol. The standard InChI is InChI=1S/C9H12FNO4/c1-6(12)11-2-8(4-15-5-8)9(10,3-11)7(13)14/h2-5H2,1H3,(H,13,14). The van der Waals surface area contributed by atoms with Gasteiger partial charge in [0.15, 0.2) is 0 Å². The van der Waals surface area contributed by atoms with E-state index in [1.807, 2.05) is 0 Å². The van der Waals surface area contributed by atoms with E-state index in [2.05, 4.69) is 0 Å². The molecule has 0 aromatic heterocycles. The molecule has 2 aliphatic rings. The molecular formula is C9H12FNO4. The van der Waals surface area contributed by atoms with Crippen LogP contribution in [0.2, 0.25) is 0 Å². The number of hydrogen-bond donors (Lipinski definition) is 1. The number of nitrogens with zero attached hydrogens (tertiary/aromatic N) is 1. The van der Waals surface area contributed by atoms with Crippen molar-refractivity contribution in [1.82, 2.24) is 4.90 Å². The third kappa shape index (κ3) is 1.17. The zero-order valence-electron chi connectivity index (χ0n) is 8.33. The van der Waals surface area contributed by atoms with Gasteiger partial charge in [0.25, 0.3) is 0 Å². The van der Waals surface area contributed by atoms with Gasteiger partial charge >= 0.3 is 5.97 Å². The molecule has 2 fully saturated rings. The van der Waals surface area contributed by atoms with Gasteiger partial charge in [-0.2, -0.15) is 0 Å². The lowest BCUT2D eigenvalue weighted by atomic mass is 9.74. The fourth-order valence-corrected chi connectivity index (χ4v) is 2.16. The Morgan fingerprint density at radius 2 is 2.00 bits per heavy atom. The molecule has 0 saturated carbocycles. The fraction of sp³-hybridized carbons (Fsp3) is 0.778. The Bertz CT molecular complexity index is 328. The normalized spacial score (nSPS) is 32.8. The van der Waals surface area contributed by atoms with E-state index < -0.39 is 17.1 Å². The van der Waals surface area contributed by atoms with E-state index in [1.165, 1.54) is 11.8 Å². The van der Waals surface area contributed by atoms with Crippen molar-refractivity contribution in [2.45, 2.75) is 12.6 Å². The van der Waals surface area contributed by atoms with Gasteiger partial charge in [-0.15, -0.1) is 0 Å². The molecule has 0 aromatic carbocycles. The Balaban J connectivity index is 2.30. The zero-order valence-corrected chi connectivity index (χ0v) is 8.33. The van der Waals surface area contributed by atoms with Crippen LogP contribution in [0, 0.1) is 5.41 Å². The number of aliphatic carboxylic acids is 1. The number of carboxylic acid groups (broad SMARTS) is 1. The van der Waals surface area contributed by atoms with Crippen molar-refractivity contribution in [3.05, 3.63) is 0 Å². The maximum absolute atomic E-state index is 14.3. The highest BCUT2D eigenvalue weighted by atomic mass is 19.1. The number of alkyl halides is 1. The van der Waals surface area contributed by atoms with Crippen LogP contribution in [0.15, 0.2) is 0 Å². The second kappa shape index (κ2) is 2.91. The Morgan fingerprint density at radius 1 is 1.40 bits per heavy atom. The van der Waals surface area contributed by atoms with Crippen LogP contribution in [0.3, 0.4) is 0 Å². The van der Waals surface area contributed by atoms with E-state index in [-0.39, 0.29) is 32.2 Å². The summed E-state index contributed by atoms with van der Waals surface area (Å²) in [6.45, 7) is 1.20. The van der Waals surface area contributed by atoms with Crippen LogP contribution in [-0.2, 0) is 14.3 Å². The van der Waals surface area contributed by atoms with Crippen molar-refractivity contribution in [2.75, 3.05) is 26.3 Å². The summed E-state index contributed by atoms with van der Waals surface area (Å²) >= 11 is 0. The number of halogens is 1. The highest BCUT2D eigenvalue weighted by Gasteiger charge is 2.68. The van der Waals surface area contributed by atoms with Crippen molar-refractivity contribution in [2.24, 2.45) is 5.41 Å². The molecule has 0 aromatic rings. The molecule has 1 unspecified atom stereocenters. The summed E-state index contributed by atoms with van der Waals surface area (Å²) in [5, 5.41) is 8.90. The molecule has 2 heterocycles. The maximum atomic E-state index is 14.3. The summed E-state index contributed by atoms with van der Waals surface area (Å²) in [5.74, 6) is -1.81. The third-order valence-electron chi connectivity index (χ3n) is 3.28. The molecular weight excluding hydrogens is 205 g/mol. The molecule has 1 amide bonds. The van der Waals surface area contributed by atoms with E-state index in [4.69, 9.17) is 9.84 Å². The molecule has 15 heavy (non-hydrogen) atoms. The molecule has 1 spiro atoms. The predicted octanol–water partition coefficient (Wildman–Crippen LogP) is -0.342. The van der Waals surface area contributed by atoms with Crippen LogP contribution in [0.25, 0.3) is 0 Å². The molecule has 2 saturated heterocycles. The van der Waals surface area contributed by atoms with Crippen LogP contribution in [0.1, 0.15) is 6.92 Å². The molecule has 6 heteroatoms. The number of carbonyl (C=O) groups excluding carboxylic acids is 1. The van der Waals surface area contributed by atoms with E-state index in [0.29, 0.717) is 0 Å². The van der Waals surface area contributed by atoms with Crippen molar-refractivity contribution in [3.63, 3.8) is 0 Å². The first-order chi connectivity index (χ1) is 6.91. The van der Waals surface area contributed by atoms with Crippen LogP contribution in [0.4, 0.5) is 4.39 Å². The maximum Gasteiger partial charge on any atom is 0.344 e. The van der Waals surface area contributed by atoms with Crippen LogP contribution in [0.5, 0.6) is 0 Å². The molecule has 1 atom stereocenters. The number of hydrogen-bond acceptors (Lipinski definition) is 3. The van der Waals surface area contributed by atoms with Gasteiger partial charge in [0.2, 0.25) is 11.6 Å². The Morgan fingerprint density at radius 3 is 2.27 bits per heavy atom. The molecule has 84 valence electrons. The van der Waals surface area contributed by atoms with E-state index in [1.54, 1.807) is 0 Å². The molecule has 0 radical (unpaired) electrons. The highest BCUT2D eigenvalue weighted by Crippen LogP contribution is 2.47. The van der Waals surface area contributed by atoms with Gasteiger partial charge in [-0.25, -0.2) is 9.18 Å². The number of rotatable bonds is 1. The Kier molecular flexibility index (Phi) is 2.01. The van der Waals surface area contributed by atoms with Crippen molar-refractivity contribution >= 4 is 11.9 Å². The molecule has 5 nitrogen and oxygen atoms in total. The summed E-state index contributed by atoms with van der Waals surface area (Å²) in [5.41, 5.74) is -3.40. The van der Waals surface area contributed by atoms with Gasteiger partial charge in [0.05, 0.1) is 25.2 Å². The minimum Gasteiger partial charge on any atom is -0.479 e. The van der Waals surface area contributed by atoms with Crippen molar-refractivity contribution in [3.8, 4) is 0 Å². The average Bonchev–Trinajstić information content (AvgIpc) is 2.39. The summed E-state index contributed by atoms with van der Waals surface area (Å²) in [6, 6.07) is 0. The molecule has 1 N–H and O–H groups in total. The SMILES string of the molecule is CC(=O)N1CC2(COC2)C(F)(C(=O)O)C1. The second-order valence-corrected chi connectivity index (χ2v) is 4.25. The Hall–Kier alpha value is -1.17. The average molecular weight is 217 g/mol. The van der Waals surface area contributed by atoms with Crippen LogP contribution >= 0.6 is 0 Å². The fourth-order valence-electron chi connectivity index (χ4n) is 2.16. The van der Waals surface area contributed by atoms with Gasteiger partial charge < -0.3 is 14.7 Å². The minimum absolute atomic E-state index is 0.0690. The monoisotopic (exact) mass is 217 g/mol. The zero-order chi connectivity index (χ0) is 11.3. The molecule has 0 bridgehead atoms. The van der Waals surface area contributed by atoms with Gasteiger partial charge in [-0.05, 0) is 0 Å². The first kappa shape index (κ1) is 10.4. The summed E-state index contributed by atoms with van der Waals surface area (Å²) in [4.78, 5) is 23.3. The number of carbonyl (C=O) groups is 2. The smallest absolute Gasteiger partial charge is 0.344 e. The first-order valence-electron chi connectivity index (χ1n) is 4.67. The van der Waals surface area contributed by atoms with Gasteiger partial charge in [0.1, 0.15) is 0 Å². The summed E-state index contributed by atoms with van der Waals surface area (Å²) < 4.78 is 19.2. The van der Waals surface area contributed by atoms with Gasteiger partial charge in [-0.1, -0.05) is 0 Å². The van der Waals surface area contributed by atoms with Gasteiger partial charge in [0, 0.05) is 13.5 Å². The lowest BCUT2D eigenvalue weighted by Gasteiger charge is -2.43. The molecule has 2 rings (SSSR count). The lowest BCUT2D eigenvalue weighted by Crippen LogP contribution is -2.60. The van der Waals surface area contributed by atoms with Crippen molar-refractivity contribution < 1.29 is 23.8 Å². The number of carboxylic acids is 1. The minimum atomic E-state index is -2.36. The topological polar surface area (TPSA) is 66.8 Å². The third-order valence-corrected chi connectivity index (χ3v) is 3.28. The van der Waals surface area contributed by atoms with E-state index in [9.17, 15) is 14.0 Å². The number of likely N-dealkylation sites (tertiary alicyclic amines) is 1. The van der Waals surface area contributed by atoms with Crippen LogP contribution < -0.4 is 0 Å². The van der Waals surface area contributed by atoms with E-state index >= 15 is 0 Å². The summed E-state index contributed by atoms with van der Waals surface area (Å²) in [6.07, 6.45) is 0. The van der Waals surface area contributed by atoms with Crippen molar-refractivity contribution in [1.29, 1.82) is 0 Å². The quantitative estimate of drug-likeness (QED) is 0.652. The first-order valence-corrected chi connectivity index (χ1v) is 4.67. The second-order valence-electron chi connectivity index (χ2n) is 4.25. The highest BCUT2D eigenvalue weighted by molar-refractivity contribution is 5.83. The van der Waals surface area contributed by atoms with Crippen LogP contribution in [-0.4, -0.2) is 53.9 Å².